The Hall–Kier alpha value is -1.73. The molecule has 0 radical (unpaired) electrons. The van der Waals surface area contributed by atoms with Gasteiger partial charge in [0.25, 0.3) is 0 Å². The molecule has 0 aliphatic carbocycles. The molecule has 0 saturated carbocycles. The number of carbonyl (C=O) groups excluding carboxylic acids is 1. The highest BCUT2D eigenvalue weighted by molar-refractivity contribution is 5.95. The van der Waals surface area contributed by atoms with E-state index >= 15 is 0 Å². The first-order valence-electron chi connectivity index (χ1n) is 5.66. The second-order valence-electron chi connectivity index (χ2n) is 4.36. The van der Waals surface area contributed by atoms with E-state index in [4.69, 9.17) is 10.00 Å². The van der Waals surface area contributed by atoms with Gasteiger partial charge in [0.1, 0.15) is 11.5 Å². The van der Waals surface area contributed by atoms with Gasteiger partial charge in [-0.05, 0) is 31.9 Å². The molecule has 4 heteroatoms. The molecular weight excluding hydrogens is 216 g/mol. The number of Topliss-reactive ketones (excluding diaryl/α,β-unsaturated/α-hetero) is 1. The van der Waals surface area contributed by atoms with Crippen LogP contribution < -0.4 is 0 Å². The third-order valence-corrected chi connectivity index (χ3v) is 3.11. The Morgan fingerprint density at radius 2 is 2.47 bits per heavy atom. The van der Waals surface area contributed by atoms with Crippen LogP contribution in [0.1, 0.15) is 31.4 Å². The summed E-state index contributed by atoms with van der Waals surface area (Å²) in [4.78, 5) is 16.4. The molecule has 2 heterocycles. The summed E-state index contributed by atoms with van der Waals surface area (Å²) in [5.41, 5.74) is -0.325. The highest BCUT2D eigenvalue weighted by atomic mass is 16.5. The van der Waals surface area contributed by atoms with E-state index in [1.165, 1.54) is 0 Å². The van der Waals surface area contributed by atoms with Gasteiger partial charge in [0.05, 0.1) is 11.8 Å². The zero-order chi connectivity index (χ0) is 12.3. The van der Waals surface area contributed by atoms with Gasteiger partial charge in [-0.25, -0.2) is 0 Å². The molecule has 0 bridgehead atoms. The SMILES string of the molecule is CC1(C(=O)C(C#N)c2ccccn2)CCCO1. The number of rotatable bonds is 3. The van der Waals surface area contributed by atoms with E-state index < -0.39 is 11.5 Å². The fraction of sp³-hybridized carbons (Fsp3) is 0.462. The minimum atomic E-state index is -0.834. The largest absolute Gasteiger partial charge is 0.367 e. The highest BCUT2D eigenvalue weighted by Crippen LogP contribution is 2.31. The molecular formula is C13H14N2O2. The van der Waals surface area contributed by atoms with Gasteiger partial charge in [0.15, 0.2) is 5.78 Å². The van der Waals surface area contributed by atoms with E-state index in [0.29, 0.717) is 18.7 Å². The lowest BCUT2D eigenvalue weighted by atomic mass is 9.87. The second-order valence-corrected chi connectivity index (χ2v) is 4.36. The number of aromatic nitrogens is 1. The number of pyridine rings is 1. The van der Waals surface area contributed by atoms with Crippen molar-refractivity contribution >= 4 is 5.78 Å². The number of hydrogen-bond acceptors (Lipinski definition) is 4. The molecule has 1 aliphatic heterocycles. The molecule has 1 aromatic rings. The monoisotopic (exact) mass is 230 g/mol. The van der Waals surface area contributed by atoms with E-state index in [1.807, 2.05) is 6.07 Å². The fourth-order valence-electron chi connectivity index (χ4n) is 2.08. The van der Waals surface area contributed by atoms with E-state index in [-0.39, 0.29) is 5.78 Å². The van der Waals surface area contributed by atoms with Crippen LogP contribution in [0.4, 0.5) is 0 Å². The van der Waals surface area contributed by atoms with Gasteiger partial charge in [0.2, 0.25) is 0 Å². The smallest absolute Gasteiger partial charge is 0.187 e. The number of ether oxygens (including phenoxy) is 1. The van der Waals surface area contributed by atoms with Crippen LogP contribution in [0.25, 0.3) is 0 Å². The van der Waals surface area contributed by atoms with Crippen LogP contribution in [0.5, 0.6) is 0 Å². The Morgan fingerprint density at radius 3 is 3.00 bits per heavy atom. The number of carbonyl (C=O) groups is 1. The predicted molar refractivity (Wildman–Crippen MR) is 61.2 cm³/mol. The summed E-state index contributed by atoms with van der Waals surface area (Å²) in [7, 11) is 0. The van der Waals surface area contributed by atoms with Crippen LogP contribution in [-0.2, 0) is 9.53 Å². The van der Waals surface area contributed by atoms with Gasteiger partial charge >= 0.3 is 0 Å². The Balaban J connectivity index is 2.26. The fourth-order valence-corrected chi connectivity index (χ4v) is 2.08. The van der Waals surface area contributed by atoms with Crippen molar-refractivity contribution < 1.29 is 9.53 Å². The first kappa shape index (κ1) is 11.7. The van der Waals surface area contributed by atoms with Crippen LogP contribution in [0.15, 0.2) is 24.4 Å². The average molecular weight is 230 g/mol. The maximum Gasteiger partial charge on any atom is 0.187 e. The van der Waals surface area contributed by atoms with Gasteiger partial charge in [-0.15, -0.1) is 0 Å². The quantitative estimate of drug-likeness (QED) is 0.794. The predicted octanol–water partition coefficient (Wildman–Crippen LogP) is 1.83. The van der Waals surface area contributed by atoms with E-state index in [0.717, 1.165) is 6.42 Å². The van der Waals surface area contributed by atoms with Crippen LogP contribution in [0.2, 0.25) is 0 Å². The molecule has 0 spiro atoms. The standard InChI is InChI=1S/C13H14N2O2/c1-13(6-4-8-17-13)12(16)10(9-14)11-5-2-3-7-15-11/h2-3,5,7,10H,4,6,8H2,1H3. The molecule has 1 aliphatic rings. The van der Waals surface area contributed by atoms with Crippen molar-refractivity contribution in [3.8, 4) is 6.07 Å². The van der Waals surface area contributed by atoms with E-state index in [9.17, 15) is 4.79 Å². The van der Waals surface area contributed by atoms with Crippen LogP contribution in [-0.4, -0.2) is 23.0 Å². The Labute approximate surface area is 100 Å². The van der Waals surface area contributed by atoms with Crippen molar-refractivity contribution in [2.75, 3.05) is 6.61 Å². The lowest BCUT2D eigenvalue weighted by Gasteiger charge is -2.23. The van der Waals surface area contributed by atoms with Crippen molar-refractivity contribution in [2.45, 2.75) is 31.3 Å². The molecule has 1 fully saturated rings. The summed E-state index contributed by atoms with van der Waals surface area (Å²) in [6, 6.07) is 7.26. The Kier molecular flexibility index (Phi) is 3.21. The van der Waals surface area contributed by atoms with Crippen LogP contribution >= 0.6 is 0 Å². The van der Waals surface area contributed by atoms with Crippen molar-refractivity contribution in [3.63, 3.8) is 0 Å². The van der Waals surface area contributed by atoms with Crippen LogP contribution in [0, 0.1) is 11.3 Å². The first-order valence-corrected chi connectivity index (χ1v) is 5.66. The van der Waals surface area contributed by atoms with Gasteiger partial charge in [-0.2, -0.15) is 5.26 Å². The maximum atomic E-state index is 12.3. The van der Waals surface area contributed by atoms with Gasteiger partial charge in [-0.1, -0.05) is 6.07 Å². The average Bonchev–Trinajstić information content (AvgIpc) is 2.80. The molecule has 88 valence electrons. The van der Waals surface area contributed by atoms with Crippen molar-refractivity contribution in [1.29, 1.82) is 5.26 Å². The summed E-state index contributed by atoms with van der Waals surface area (Å²) in [6.45, 7) is 2.35. The number of nitrogens with zero attached hydrogens (tertiary/aromatic N) is 2. The summed E-state index contributed by atoms with van der Waals surface area (Å²) < 4.78 is 5.48. The van der Waals surface area contributed by atoms with Crippen molar-refractivity contribution in [2.24, 2.45) is 0 Å². The molecule has 0 N–H and O–H groups in total. The Morgan fingerprint density at radius 1 is 1.65 bits per heavy atom. The minimum absolute atomic E-state index is 0.184. The summed E-state index contributed by atoms with van der Waals surface area (Å²) in [6.07, 6.45) is 3.13. The van der Waals surface area contributed by atoms with Crippen molar-refractivity contribution in [3.05, 3.63) is 30.1 Å². The molecule has 2 unspecified atom stereocenters. The molecule has 1 aromatic heterocycles. The molecule has 2 rings (SSSR count). The molecule has 0 amide bonds. The van der Waals surface area contributed by atoms with Gasteiger partial charge < -0.3 is 4.74 Å². The lowest BCUT2D eigenvalue weighted by Crippen LogP contribution is -2.38. The van der Waals surface area contributed by atoms with Gasteiger partial charge in [-0.3, -0.25) is 9.78 Å². The highest BCUT2D eigenvalue weighted by Gasteiger charge is 2.42. The summed E-state index contributed by atoms with van der Waals surface area (Å²) in [5, 5.41) is 9.16. The zero-order valence-corrected chi connectivity index (χ0v) is 9.72. The zero-order valence-electron chi connectivity index (χ0n) is 9.72. The topological polar surface area (TPSA) is 63.0 Å². The maximum absolute atomic E-state index is 12.3. The van der Waals surface area contributed by atoms with Gasteiger partial charge in [0, 0.05) is 12.8 Å². The molecule has 0 aromatic carbocycles. The number of hydrogen-bond donors (Lipinski definition) is 0. The van der Waals surface area contributed by atoms with E-state index in [1.54, 1.807) is 31.3 Å². The number of nitriles is 1. The molecule has 2 atom stereocenters. The number of ketones is 1. The summed E-state index contributed by atoms with van der Waals surface area (Å²) in [5.74, 6) is -1.02. The third kappa shape index (κ3) is 2.20. The van der Waals surface area contributed by atoms with Crippen LogP contribution in [0.3, 0.4) is 0 Å². The molecule has 17 heavy (non-hydrogen) atoms. The second kappa shape index (κ2) is 4.64. The lowest BCUT2D eigenvalue weighted by molar-refractivity contribution is -0.137. The van der Waals surface area contributed by atoms with E-state index in [2.05, 4.69) is 4.98 Å². The Bertz CT molecular complexity index is 444. The first-order chi connectivity index (χ1) is 8.17. The normalized spacial score (nSPS) is 25.2. The summed E-state index contributed by atoms with van der Waals surface area (Å²) >= 11 is 0. The minimum Gasteiger partial charge on any atom is -0.367 e. The molecule has 4 nitrogen and oxygen atoms in total. The third-order valence-electron chi connectivity index (χ3n) is 3.11. The van der Waals surface area contributed by atoms with Crippen molar-refractivity contribution in [1.82, 2.24) is 4.98 Å². The molecule has 1 saturated heterocycles.